The van der Waals surface area contributed by atoms with Crippen molar-refractivity contribution in [3.05, 3.63) is 53.0 Å². The molecule has 0 bridgehead atoms. The summed E-state index contributed by atoms with van der Waals surface area (Å²) in [6.07, 6.45) is 6.52. The number of nitrogen functional groups attached to an aromatic ring is 1. The fourth-order valence-electron chi connectivity index (χ4n) is 5.30. The zero-order valence-corrected chi connectivity index (χ0v) is 23.3. The Morgan fingerprint density at radius 1 is 1.20 bits per heavy atom. The average Bonchev–Trinajstić information content (AvgIpc) is 3.49. The fraction of sp³-hybridized carbons (Fsp3) is 0.346. The Hall–Kier alpha value is -4.46. The second kappa shape index (κ2) is 9.05. The highest BCUT2D eigenvalue weighted by atomic mass is 32.2. The summed E-state index contributed by atoms with van der Waals surface area (Å²) >= 11 is 0. The summed E-state index contributed by atoms with van der Waals surface area (Å²) in [6, 6.07) is 5.20. The number of benzene rings is 1. The standard InChI is InChI=1S/C26H29N9O4S/c1-13-20(12-33(3)30-13)29-25(36)22-23(27)31-35-8-7-18(28-24(22)35)16-9-17-11-34(14(2)15-5-6-15)26(37)21(17)19(10-16)32-40(4,38)39/h7-10,12,14-15,32H,5-6,11H2,1-4H3,(H2,27,31)(H,29,36)/t14-/m0/s1. The van der Waals surface area contributed by atoms with Gasteiger partial charge in [0, 0.05) is 37.6 Å². The lowest BCUT2D eigenvalue weighted by atomic mass is 10.0. The summed E-state index contributed by atoms with van der Waals surface area (Å²) in [5, 5.41) is 11.3. The van der Waals surface area contributed by atoms with E-state index in [0.717, 1.165) is 19.1 Å². The molecule has 1 aliphatic carbocycles. The molecule has 2 amide bonds. The zero-order valence-electron chi connectivity index (χ0n) is 22.5. The predicted octanol–water partition coefficient (Wildman–Crippen LogP) is 2.40. The number of hydrogen-bond acceptors (Lipinski definition) is 8. The van der Waals surface area contributed by atoms with Gasteiger partial charge in [-0.3, -0.25) is 19.0 Å². The van der Waals surface area contributed by atoms with Crippen LogP contribution in [0.2, 0.25) is 0 Å². The lowest BCUT2D eigenvalue weighted by Crippen LogP contribution is -2.34. The Balaban J connectivity index is 1.42. The first kappa shape index (κ1) is 25.8. The molecule has 4 aromatic rings. The molecule has 0 spiro atoms. The molecule has 2 aliphatic rings. The second-order valence-electron chi connectivity index (χ2n) is 10.5. The van der Waals surface area contributed by atoms with Crippen LogP contribution in [0, 0.1) is 12.8 Å². The fourth-order valence-corrected chi connectivity index (χ4v) is 5.86. The topological polar surface area (TPSA) is 170 Å². The monoisotopic (exact) mass is 563 g/mol. The van der Waals surface area contributed by atoms with Crippen molar-refractivity contribution in [2.24, 2.45) is 13.0 Å². The van der Waals surface area contributed by atoms with Crippen LogP contribution in [-0.4, -0.2) is 61.8 Å². The third kappa shape index (κ3) is 4.53. The molecule has 1 aliphatic heterocycles. The molecule has 6 rings (SSSR count). The number of aryl methyl sites for hydroxylation is 2. The molecule has 0 saturated heterocycles. The van der Waals surface area contributed by atoms with E-state index in [0.29, 0.717) is 46.2 Å². The molecule has 1 saturated carbocycles. The van der Waals surface area contributed by atoms with Gasteiger partial charge in [0.25, 0.3) is 11.8 Å². The minimum Gasteiger partial charge on any atom is -0.381 e. The number of carbonyl (C=O) groups is 2. The van der Waals surface area contributed by atoms with Gasteiger partial charge in [0.2, 0.25) is 10.0 Å². The van der Waals surface area contributed by atoms with Crippen molar-refractivity contribution in [1.82, 2.24) is 29.3 Å². The maximum Gasteiger partial charge on any atom is 0.263 e. The van der Waals surface area contributed by atoms with Crippen LogP contribution in [0.4, 0.5) is 17.2 Å². The van der Waals surface area contributed by atoms with E-state index >= 15 is 0 Å². The molecular formula is C26H29N9O4S. The van der Waals surface area contributed by atoms with Gasteiger partial charge in [0.15, 0.2) is 11.5 Å². The smallest absolute Gasteiger partial charge is 0.263 e. The number of sulfonamides is 1. The number of amides is 2. The SMILES string of the molecule is Cc1nn(C)cc1NC(=O)c1c(N)nn2ccc(-c3cc4c(c(NS(C)(=O)=O)c3)C(=O)N([C@@H](C)C3CC3)C4)nc12. The lowest BCUT2D eigenvalue weighted by molar-refractivity contribution is 0.0698. The number of aromatic nitrogens is 5. The van der Waals surface area contributed by atoms with Crippen molar-refractivity contribution >= 4 is 44.7 Å². The first-order valence-corrected chi connectivity index (χ1v) is 14.7. The Kier molecular flexibility index (Phi) is 5.83. The zero-order chi connectivity index (χ0) is 28.5. The molecule has 4 heterocycles. The minimum absolute atomic E-state index is 0.00683. The van der Waals surface area contributed by atoms with Crippen LogP contribution < -0.4 is 15.8 Å². The summed E-state index contributed by atoms with van der Waals surface area (Å²) in [7, 11) is -1.92. The van der Waals surface area contributed by atoms with E-state index in [2.05, 4.69) is 20.2 Å². The van der Waals surface area contributed by atoms with E-state index in [4.69, 9.17) is 10.7 Å². The summed E-state index contributed by atoms with van der Waals surface area (Å²) < 4.78 is 30.0. The second-order valence-corrected chi connectivity index (χ2v) is 12.3. The molecule has 0 radical (unpaired) electrons. The van der Waals surface area contributed by atoms with Gasteiger partial charge >= 0.3 is 0 Å². The molecule has 13 nitrogen and oxygen atoms in total. The van der Waals surface area contributed by atoms with E-state index in [-0.39, 0.29) is 34.7 Å². The van der Waals surface area contributed by atoms with Gasteiger partial charge in [0.05, 0.1) is 34.6 Å². The number of nitrogens with one attached hydrogen (secondary N) is 2. The largest absolute Gasteiger partial charge is 0.381 e. The summed E-state index contributed by atoms with van der Waals surface area (Å²) in [4.78, 5) is 33.1. The van der Waals surface area contributed by atoms with E-state index in [1.165, 1.54) is 4.52 Å². The van der Waals surface area contributed by atoms with Crippen molar-refractivity contribution in [2.45, 2.75) is 39.3 Å². The summed E-state index contributed by atoms with van der Waals surface area (Å²) in [5.41, 5.74) is 9.92. The van der Waals surface area contributed by atoms with Crippen molar-refractivity contribution in [2.75, 3.05) is 22.0 Å². The van der Waals surface area contributed by atoms with Gasteiger partial charge in [-0.15, -0.1) is 5.10 Å². The average molecular weight is 564 g/mol. The number of anilines is 3. The highest BCUT2D eigenvalue weighted by Crippen LogP contribution is 2.41. The molecular weight excluding hydrogens is 534 g/mol. The highest BCUT2D eigenvalue weighted by Gasteiger charge is 2.40. The Morgan fingerprint density at radius 2 is 1.95 bits per heavy atom. The van der Waals surface area contributed by atoms with Gasteiger partial charge in [-0.05, 0) is 56.4 Å². The van der Waals surface area contributed by atoms with Crippen LogP contribution >= 0.6 is 0 Å². The third-order valence-electron chi connectivity index (χ3n) is 7.42. The van der Waals surface area contributed by atoms with Crippen molar-refractivity contribution in [3.63, 3.8) is 0 Å². The molecule has 1 aromatic carbocycles. The normalized spacial score (nSPS) is 15.9. The maximum absolute atomic E-state index is 13.4. The molecule has 1 fully saturated rings. The predicted molar refractivity (Wildman–Crippen MR) is 149 cm³/mol. The van der Waals surface area contributed by atoms with E-state index < -0.39 is 15.9 Å². The van der Waals surface area contributed by atoms with Gasteiger partial charge in [-0.25, -0.2) is 17.9 Å². The van der Waals surface area contributed by atoms with Crippen LogP contribution in [0.1, 0.15) is 51.7 Å². The number of rotatable bonds is 7. The molecule has 4 N–H and O–H groups in total. The van der Waals surface area contributed by atoms with Gasteiger partial charge < -0.3 is 16.0 Å². The van der Waals surface area contributed by atoms with Gasteiger partial charge in [0.1, 0.15) is 5.56 Å². The third-order valence-corrected chi connectivity index (χ3v) is 8.01. The van der Waals surface area contributed by atoms with E-state index in [1.54, 1.807) is 48.1 Å². The van der Waals surface area contributed by atoms with Crippen molar-refractivity contribution < 1.29 is 18.0 Å². The molecule has 40 heavy (non-hydrogen) atoms. The van der Waals surface area contributed by atoms with E-state index in [9.17, 15) is 18.0 Å². The minimum atomic E-state index is -3.68. The number of hydrogen-bond donors (Lipinski definition) is 3. The lowest BCUT2D eigenvalue weighted by Gasteiger charge is -2.24. The Labute approximate surface area is 230 Å². The van der Waals surface area contributed by atoms with E-state index in [1.807, 2.05) is 13.0 Å². The first-order chi connectivity index (χ1) is 18.9. The van der Waals surface area contributed by atoms with Crippen LogP contribution in [0.15, 0.2) is 30.6 Å². The molecule has 14 heteroatoms. The van der Waals surface area contributed by atoms with Gasteiger partial charge in [-0.2, -0.15) is 5.10 Å². The van der Waals surface area contributed by atoms with Gasteiger partial charge in [-0.1, -0.05) is 0 Å². The first-order valence-electron chi connectivity index (χ1n) is 12.8. The Morgan fingerprint density at radius 3 is 2.60 bits per heavy atom. The Bertz CT molecular complexity index is 1820. The quantitative estimate of drug-likeness (QED) is 0.308. The number of nitrogens with two attached hydrogens (primary N) is 1. The highest BCUT2D eigenvalue weighted by molar-refractivity contribution is 7.92. The van der Waals surface area contributed by atoms with Crippen molar-refractivity contribution in [1.29, 1.82) is 0 Å². The number of fused-ring (bicyclic) bond motifs is 2. The number of carbonyl (C=O) groups excluding carboxylic acids is 2. The van der Waals surface area contributed by atoms with Crippen LogP contribution in [0.3, 0.4) is 0 Å². The maximum atomic E-state index is 13.4. The van der Waals surface area contributed by atoms with Crippen LogP contribution in [0.5, 0.6) is 0 Å². The van der Waals surface area contributed by atoms with Crippen molar-refractivity contribution in [3.8, 4) is 11.3 Å². The molecule has 3 aromatic heterocycles. The number of nitrogens with zero attached hydrogens (tertiary/aromatic N) is 6. The molecule has 0 unspecified atom stereocenters. The molecule has 208 valence electrons. The van der Waals surface area contributed by atoms with Crippen LogP contribution in [0.25, 0.3) is 16.9 Å². The van der Waals surface area contributed by atoms with Crippen LogP contribution in [-0.2, 0) is 23.6 Å². The molecule has 1 atom stereocenters. The summed E-state index contributed by atoms with van der Waals surface area (Å²) in [6.45, 7) is 4.18. The summed E-state index contributed by atoms with van der Waals surface area (Å²) in [5.74, 6) is -0.214.